The van der Waals surface area contributed by atoms with Gasteiger partial charge in [-0.1, -0.05) is 0 Å². The number of carboxylic acids is 1. The molecule has 5 N–H and O–H groups in total. The summed E-state index contributed by atoms with van der Waals surface area (Å²) in [6, 6.07) is -1.01. The number of aliphatic hydroxyl groups excluding tert-OH is 1. The van der Waals surface area contributed by atoms with Crippen LogP contribution in [0.3, 0.4) is 0 Å². The molecule has 2 unspecified atom stereocenters. The summed E-state index contributed by atoms with van der Waals surface area (Å²) in [5, 5.41) is 19.6. The first-order valence-electron chi connectivity index (χ1n) is 3.40. The predicted molar refractivity (Wildman–Crippen MR) is 40.2 cm³/mol. The number of hydrogen-bond acceptors (Lipinski definition) is 4. The Hall–Kier alpha value is -0.650. The van der Waals surface area contributed by atoms with E-state index >= 15 is 0 Å². The minimum absolute atomic E-state index is 0.0215. The number of carboxylic acid groups (broad SMARTS) is 1. The van der Waals surface area contributed by atoms with Gasteiger partial charge in [-0.2, -0.15) is 0 Å². The standard InChI is InChI=1S/C6H14N2O3/c1-4(3-9)8-2-5(7)6(10)11/h4-5,8-9H,2-3,7H2,1H3,(H,10,11). The highest BCUT2D eigenvalue weighted by atomic mass is 16.4. The van der Waals surface area contributed by atoms with Crippen molar-refractivity contribution in [3.63, 3.8) is 0 Å². The van der Waals surface area contributed by atoms with Crippen LogP contribution in [-0.4, -0.2) is 41.4 Å². The van der Waals surface area contributed by atoms with Crippen molar-refractivity contribution in [3.05, 3.63) is 0 Å². The van der Waals surface area contributed by atoms with E-state index in [0.717, 1.165) is 0 Å². The lowest BCUT2D eigenvalue weighted by molar-refractivity contribution is -0.138. The van der Waals surface area contributed by atoms with Crippen LogP contribution in [0, 0.1) is 0 Å². The third-order valence-corrected chi connectivity index (χ3v) is 1.28. The fourth-order valence-electron chi connectivity index (χ4n) is 0.480. The number of rotatable bonds is 5. The molecule has 0 rings (SSSR count). The Morgan fingerprint density at radius 2 is 2.27 bits per heavy atom. The van der Waals surface area contributed by atoms with E-state index in [-0.39, 0.29) is 19.2 Å². The van der Waals surface area contributed by atoms with Crippen LogP contribution >= 0.6 is 0 Å². The largest absolute Gasteiger partial charge is 0.480 e. The molecule has 0 aromatic rings. The highest BCUT2D eigenvalue weighted by Gasteiger charge is 2.11. The van der Waals surface area contributed by atoms with Gasteiger partial charge in [0.05, 0.1) is 6.61 Å². The molecule has 0 bridgehead atoms. The molecule has 0 aliphatic carbocycles. The predicted octanol–water partition coefficient (Wildman–Crippen LogP) is -1.63. The summed E-state index contributed by atoms with van der Waals surface area (Å²) in [7, 11) is 0. The van der Waals surface area contributed by atoms with Gasteiger partial charge >= 0.3 is 5.97 Å². The summed E-state index contributed by atoms with van der Waals surface area (Å²) in [5.74, 6) is -1.04. The molecule has 5 heteroatoms. The molecule has 11 heavy (non-hydrogen) atoms. The summed E-state index contributed by atoms with van der Waals surface area (Å²) in [6.45, 7) is 1.90. The molecule has 0 saturated carbocycles. The molecule has 0 saturated heterocycles. The Balaban J connectivity index is 3.45. The van der Waals surface area contributed by atoms with Crippen LogP contribution in [0.25, 0.3) is 0 Å². The second kappa shape index (κ2) is 5.06. The number of carbonyl (C=O) groups is 1. The van der Waals surface area contributed by atoms with Gasteiger partial charge < -0.3 is 21.3 Å². The van der Waals surface area contributed by atoms with Gasteiger partial charge in [-0.05, 0) is 6.92 Å². The van der Waals surface area contributed by atoms with Gasteiger partial charge in [-0.25, -0.2) is 0 Å². The van der Waals surface area contributed by atoms with E-state index in [0.29, 0.717) is 0 Å². The Bertz CT molecular complexity index is 129. The molecule has 0 aromatic carbocycles. The zero-order valence-corrected chi connectivity index (χ0v) is 6.45. The van der Waals surface area contributed by atoms with E-state index in [9.17, 15) is 4.79 Å². The Morgan fingerprint density at radius 3 is 2.64 bits per heavy atom. The monoisotopic (exact) mass is 162 g/mol. The molecule has 0 spiro atoms. The molecule has 0 heterocycles. The fourth-order valence-corrected chi connectivity index (χ4v) is 0.480. The Labute approximate surface area is 65.2 Å². The topological polar surface area (TPSA) is 95.6 Å². The fraction of sp³-hybridized carbons (Fsp3) is 0.833. The number of aliphatic hydroxyl groups is 1. The van der Waals surface area contributed by atoms with Crippen LogP contribution in [0.15, 0.2) is 0 Å². The third kappa shape index (κ3) is 4.72. The van der Waals surface area contributed by atoms with Crippen molar-refractivity contribution < 1.29 is 15.0 Å². The first kappa shape index (κ1) is 10.3. The summed E-state index contributed by atoms with van der Waals surface area (Å²) < 4.78 is 0. The number of hydrogen-bond donors (Lipinski definition) is 4. The first-order chi connectivity index (χ1) is 5.07. The lowest BCUT2D eigenvalue weighted by Gasteiger charge is -2.12. The van der Waals surface area contributed by atoms with Crippen molar-refractivity contribution in [2.24, 2.45) is 5.73 Å². The summed E-state index contributed by atoms with van der Waals surface area (Å²) in [4.78, 5) is 10.2. The van der Waals surface area contributed by atoms with Gasteiger partial charge in [0.1, 0.15) is 6.04 Å². The van der Waals surface area contributed by atoms with Crippen LogP contribution in [0.4, 0.5) is 0 Å². The molecule has 0 radical (unpaired) electrons. The summed E-state index contributed by atoms with van der Waals surface area (Å²) in [6.07, 6.45) is 0. The maximum atomic E-state index is 10.2. The summed E-state index contributed by atoms with van der Waals surface area (Å²) >= 11 is 0. The van der Waals surface area contributed by atoms with Crippen molar-refractivity contribution in [1.82, 2.24) is 5.32 Å². The number of nitrogens with one attached hydrogen (secondary N) is 1. The zero-order chi connectivity index (χ0) is 8.85. The SMILES string of the molecule is CC(CO)NCC(N)C(=O)O. The first-order valence-corrected chi connectivity index (χ1v) is 3.40. The maximum absolute atomic E-state index is 10.2. The van der Waals surface area contributed by atoms with E-state index in [4.69, 9.17) is 15.9 Å². The average Bonchev–Trinajstić information content (AvgIpc) is 1.99. The third-order valence-electron chi connectivity index (χ3n) is 1.28. The highest BCUT2D eigenvalue weighted by Crippen LogP contribution is 1.80. The minimum Gasteiger partial charge on any atom is -0.480 e. The van der Waals surface area contributed by atoms with Crippen LogP contribution in [0.1, 0.15) is 6.92 Å². The number of nitrogens with two attached hydrogens (primary N) is 1. The van der Waals surface area contributed by atoms with Gasteiger partial charge in [0, 0.05) is 12.6 Å². The van der Waals surface area contributed by atoms with Crippen molar-refractivity contribution >= 4 is 5.97 Å². The van der Waals surface area contributed by atoms with Gasteiger partial charge in [-0.3, -0.25) is 4.79 Å². The van der Waals surface area contributed by atoms with Crippen molar-refractivity contribution in [1.29, 1.82) is 0 Å². The lowest BCUT2D eigenvalue weighted by atomic mass is 10.3. The normalized spacial score (nSPS) is 15.9. The van der Waals surface area contributed by atoms with Crippen LogP contribution in [0.2, 0.25) is 0 Å². The van der Waals surface area contributed by atoms with Crippen molar-refractivity contribution in [3.8, 4) is 0 Å². The maximum Gasteiger partial charge on any atom is 0.321 e. The van der Waals surface area contributed by atoms with Crippen LogP contribution < -0.4 is 11.1 Å². The molecule has 0 aromatic heterocycles. The summed E-state index contributed by atoms with van der Waals surface area (Å²) in [5.41, 5.74) is 5.18. The van der Waals surface area contributed by atoms with E-state index in [1.54, 1.807) is 6.92 Å². The number of aliphatic carboxylic acids is 1. The van der Waals surface area contributed by atoms with E-state index in [2.05, 4.69) is 5.32 Å². The zero-order valence-electron chi connectivity index (χ0n) is 6.45. The van der Waals surface area contributed by atoms with E-state index in [1.807, 2.05) is 0 Å². The molecular formula is C6H14N2O3. The van der Waals surface area contributed by atoms with Gasteiger partial charge in [0.15, 0.2) is 0 Å². The molecule has 0 fully saturated rings. The molecular weight excluding hydrogens is 148 g/mol. The molecule has 66 valence electrons. The van der Waals surface area contributed by atoms with Gasteiger partial charge in [-0.15, -0.1) is 0 Å². The van der Waals surface area contributed by atoms with E-state index < -0.39 is 12.0 Å². The molecule has 0 aliphatic heterocycles. The Kier molecular flexibility index (Phi) is 4.76. The molecule has 2 atom stereocenters. The second-order valence-corrected chi connectivity index (χ2v) is 2.44. The minimum atomic E-state index is -1.04. The Morgan fingerprint density at radius 1 is 1.73 bits per heavy atom. The van der Waals surface area contributed by atoms with Gasteiger partial charge in [0.2, 0.25) is 0 Å². The van der Waals surface area contributed by atoms with Crippen molar-refractivity contribution in [2.45, 2.75) is 19.0 Å². The highest BCUT2D eigenvalue weighted by molar-refractivity contribution is 5.73. The van der Waals surface area contributed by atoms with E-state index in [1.165, 1.54) is 0 Å². The molecule has 5 nitrogen and oxygen atoms in total. The molecule has 0 aliphatic rings. The quantitative estimate of drug-likeness (QED) is 0.389. The smallest absolute Gasteiger partial charge is 0.321 e. The lowest BCUT2D eigenvalue weighted by Crippen LogP contribution is -2.44. The van der Waals surface area contributed by atoms with Crippen molar-refractivity contribution in [2.75, 3.05) is 13.2 Å². The van der Waals surface area contributed by atoms with Crippen LogP contribution in [0.5, 0.6) is 0 Å². The van der Waals surface area contributed by atoms with Crippen LogP contribution in [-0.2, 0) is 4.79 Å². The second-order valence-electron chi connectivity index (χ2n) is 2.44. The van der Waals surface area contributed by atoms with Gasteiger partial charge in [0.25, 0.3) is 0 Å². The molecule has 0 amide bonds. The average molecular weight is 162 g/mol.